The van der Waals surface area contributed by atoms with Crippen LogP contribution in [0.1, 0.15) is 22.9 Å². The van der Waals surface area contributed by atoms with E-state index in [4.69, 9.17) is 0 Å². The minimum Gasteiger partial charge on any atom is -0.326 e. The molecule has 1 fully saturated rings. The Bertz CT molecular complexity index is 1300. The topological polar surface area (TPSA) is 88.5 Å². The minimum absolute atomic E-state index is 0.0157. The molecule has 7 nitrogen and oxygen atoms in total. The van der Waals surface area contributed by atoms with Gasteiger partial charge in [0.15, 0.2) is 0 Å². The molecule has 2 atom stereocenters. The summed E-state index contributed by atoms with van der Waals surface area (Å²) in [5.41, 5.74) is 1.46. The summed E-state index contributed by atoms with van der Waals surface area (Å²) in [7, 11) is -3.67. The van der Waals surface area contributed by atoms with Crippen LogP contribution < -0.4 is 10.9 Å². The first-order valence-corrected chi connectivity index (χ1v) is 12.8. The molecule has 9 heteroatoms. The number of rotatable bonds is 5. The number of nitrogens with zero attached hydrogens (tertiary/aromatic N) is 2. The van der Waals surface area contributed by atoms with E-state index in [1.54, 1.807) is 41.0 Å². The molecule has 1 saturated heterocycles. The van der Waals surface area contributed by atoms with Gasteiger partial charge in [0.2, 0.25) is 15.9 Å². The van der Waals surface area contributed by atoms with Gasteiger partial charge in [-0.05, 0) is 54.1 Å². The third kappa shape index (κ3) is 4.03. The maximum Gasteiger partial charge on any atom is 0.250 e. The zero-order valence-corrected chi connectivity index (χ0v) is 18.9. The number of piperidine rings is 1. The first-order chi connectivity index (χ1) is 15.4. The maximum atomic E-state index is 13.3. The zero-order valence-electron chi connectivity index (χ0n) is 17.3. The normalized spacial score (nSPS) is 20.5. The van der Waals surface area contributed by atoms with Crippen molar-refractivity contribution in [3.05, 3.63) is 80.9 Å². The third-order valence-corrected chi connectivity index (χ3v) is 8.86. The fourth-order valence-corrected chi connectivity index (χ4v) is 6.95. The van der Waals surface area contributed by atoms with Crippen LogP contribution in [0.4, 0.5) is 5.69 Å². The van der Waals surface area contributed by atoms with E-state index in [-0.39, 0.29) is 28.2 Å². The number of carbonyl (C=O) groups is 1. The number of hydrogen-bond acceptors (Lipinski definition) is 5. The van der Waals surface area contributed by atoms with E-state index >= 15 is 0 Å². The molecule has 2 unspecified atom stereocenters. The minimum atomic E-state index is -3.67. The van der Waals surface area contributed by atoms with E-state index in [2.05, 4.69) is 5.32 Å². The Morgan fingerprint density at radius 2 is 1.84 bits per heavy atom. The SMILES string of the molecule is O=C(Cc1cccs1)Nc1ccc(S(=O)(=O)N2CC3CC(C2)c2cccc(=O)n2C3)cc1. The van der Waals surface area contributed by atoms with Gasteiger partial charge in [-0.1, -0.05) is 12.1 Å². The van der Waals surface area contributed by atoms with Gasteiger partial charge in [-0.3, -0.25) is 9.59 Å². The predicted octanol–water partition coefficient (Wildman–Crippen LogP) is 2.90. The van der Waals surface area contributed by atoms with Crippen LogP contribution in [-0.4, -0.2) is 36.3 Å². The summed E-state index contributed by atoms with van der Waals surface area (Å²) in [6.45, 7) is 1.31. The molecule has 2 aromatic heterocycles. The first kappa shape index (κ1) is 21.1. The van der Waals surface area contributed by atoms with Crippen molar-refractivity contribution in [2.75, 3.05) is 18.4 Å². The van der Waals surface area contributed by atoms with Crippen molar-refractivity contribution in [2.24, 2.45) is 5.92 Å². The molecule has 0 spiro atoms. The van der Waals surface area contributed by atoms with Crippen LogP contribution in [0.5, 0.6) is 0 Å². The van der Waals surface area contributed by atoms with Crippen LogP contribution >= 0.6 is 11.3 Å². The molecular weight excluding hydrogens is 446 g/mol. The molecule has 2 bridgehead atoms. The molecule has 2 aliphatic heterocycles. The highest BCUT2D eigenvalue weighted by Gasteiger charge is 2.39. The standard InChI is InChI=1S/C23H23N3O4S2/c27-22(12-19-3-2-10-31-19)24-18-6-8-20(9-7-18)32(29,30)25-13-16-11-17(15-25)21-4-1-5-23(28)26(21)14-16/h1-10,16-17H,11-15H2,(H,24,27). The van der Waals surface area contributed by atoms with Gasteiger partial charge in [0.1, 0.15) is 0 Å². The number of benzene rings is 1. The fraction of sp³-hybridized carbons (Fsp3) is 0.304. The number of nitrogens with one attached hydrogen (secondary N) is 1. The number of carbonyl (C=O) groups excluding carboxylic acids is 1. The Morgan fingerprint density at radius 1 is 1.03 bits per heavy atom. The van der Waals surface area contributed by atoms with Crippen molar-refractivity contribution in [1.82, 2.24) is 8.87 Å². The first-order valence-electron chi connectivity index (χ1n) is 10.5. The second-order valence-corrected chi connectivity index (χ2v) is 11.3. The van der Waals surface area contributed by atoms with E-state index in [9.17, 15) is 18.0 Å². The molecule has 4 heterocycles. The third-order valence-electron chi connectivity index (χ3n) is 6.14. The van der Waals surface area contributed by atoms with E-state index in [0.29, 0.717) is 31.7 Å². The molecule has 0 aliphatic carbocycles. The lowest BCUT2D eigenvalue weighted by Crippen LogP contribution is -2.48. The predicted molar refractivity (Wildman–Crippen MR) is 123 cm³/mol. The van der Waals surface area contributed by atoms with Crippen LogP contribution in [0.25, 0.3) is 0 Å². The zero-order chi connectivity index (χ0) is 22.3. The van der Waals surface area contributed by atoms with Crippen molar-refractivity contribution in [2.45, 2.75) is 30.2 Å². The average molecular weight is 470 g/mol. The monoisotopic (exact) mass is 469 g/mol. The van der Waals surface area contributed by atoms with E-state index < -0.39 is 10.0 Å². The van der Waals surface area contributed by atoms with Gasteiger partial charge in [0.25, 0.3) is 5.56 Å². The van der Waals surface area contributed by atoms with Crippen LogP contribution in [-0.2, 0) is 27.8 Å². The Kier molecular flexibility index (Phi) is 5.48. The smallest absolute Gasteiger partial charge is 0.250 e. The number of fused-ring (bicyclic) bond motifs is 4. The van der Waals surface area contributed by atoms with Gasteiger partial charge in [-0.2, -0.15) is 4.31 Å². The molecule has 1 N–H and O–H groups in total. The number of thiophene rings is 1. The van der Waals surface area contributed by atoms with Gasteiger partial charge < -0.3 is 9.88 Å². The van der Waals surface area contributed by atoms with Gasteiger partial charge in [-0.15, -0.1) is 11.3 Å². The molecule has 5 rings (SSSR count). The summed E-state index contributed by atoms with van der Waals surface area (Å²) in [6.07, 6.45) is 1.18. The van der Waals surface area contributed by atoms with Crippen molar-refractivity contribution >= 4 is 33.0 Å². The number of sulfonamides is 1. The van der Waals surface area contributed by atoms with Crippen molar-refractivity contribution in [1.29, 1.82) is 0 Å². The molecule has 166 valence electrons. The lowest BCUT2D eigenvalue weighted by molar-refractivity contribution is -0.115. The van der Waals surface area contributed by atoms with Gasteiger partial charge >= 0.3 is 0 Å². The fourth-order valence-electron chi connectivity index (χ4n) is 4.68. The van der Waals surface area contributed by atoms with Crippen molar-refractivity contribution in [3.8, 4) is 0 Å². The molecule has 0 radical (unpaired) electrons. The molecule has 1 amide bonds. The molecule has 2 aliphatic rings. The average Bonchev–Trinajstić information content (AvgIpc) is 3.27. The lowest BCUT2D eigenvalue weighted by Gasteiger charge is -2.42. The van der Waals surface area contributed by atoms with E-state index in [1.165, 1.54) is 15.6 Å². The Morgan fingerprint density at radius 3 is 2.59 bits per heavy atom. The number of anilines is 1. The Balaban J connectivity index is 1.31. The van der Waals surface area contributed by atoms with Gasteiger partial charge in [0, 0.05) is 47.9 Å². The van der Waals surface area contributed by atoms with Crippen LogP contribution in [0, 0.1) is 5.92 Å². The molecule has 3 aromatic rings. The van der Waals surface area contributed by atoms with Crippen LogP contribution in [0.2, 0.25) is 0 Å². The van der Waals surface area contributed by atoms with E-state index in [0.717, 1.165) is 17.0 Å². The summed E-state index contributed by atoms with van der Waals surface area (Å²) in [4.78, 5) is 25.6. The largest absolute Gasteiger partial charge is 0.326 e. The Labute approximate surface area is 190 Å². The van der Waals surface area contributed by atoms with Gasteiger partial charge in [0.05, 0.1) is 11.3 Å². The van der Waals surface area contributed by atoms with Crippen LogP contribution in [0.15, 0.2) is 69.7 Å². The second kappa shape index (κ2) is 8.31. The highest BCUT2D eigenvalue weighted by molar-refractivity contribution is 7.89. The highest BCUT2D eigenvalue weighted by atomic mass is 32.2. The summed E-state index contributed by atoms with van der Waals surface area (Å²) in [5.74, 6) is -0.00486. The van der Waals surface area contributed by atoms with Crippen molar-refractivity contribution in [3.63, 3.8) is 0 Å². The van der Waals surface area contributed by atoms with E-state index in [1.807, 2.05) is 23.6 Å². The Hall–Kier alpha value is -2.75. The lowest BCUT2D eigenvalue weighted by atomic mass is 9.84. The summed E-state index contributed by atoms with van der Waals surface area (Å²) < 4.78 is 30.0. The highest BCUT2D eigenvalue weighted by Crippen LogP contribution is 2.37. The summed E-state index contributed by atoms with van der Waals surface area (Å²) >= 11 is 1.52. The van der Waals surface area contributed by atoms with Crippen molar-refractivity contribution < 1.29 is 13.2 Å². The molecule has 0 saturated carbocycles. The number of aromatic nitrogens is 1. The summed E-state index contributed by atoms with van der Waals surface area (Å²) in [6, 6.07) is 15.4. The number of pyridine rings is 1. The second-order valence-electron chi connectivity index (χ2n) is 8.35. The number of amides is 1. The quantitative estimate of drug-likeness (QED) is 0.622. The molecular formula is C23H23N3O4S2. The molecule has 1 aromatic carbocycles. The van der Waals surface area contributed by atoms with Crippen LogP contribution in [0.3, 0.4) is 0 Å². The number of hydrogen-bond donors (Lipinski definition) is 1. The summed E-state index contributed by atoms with van der Waals surface area (Å²) in [5, 5.41) is 4.74. The maximum absolute atomic E-state index is 13.3. The molecule has 32 heavy (non-hydrogen) atoms. The van der Waals surface area contributed by atoms with Gasteiger partial charge in [-0.25, -0.2) is 8.42 Å².